The average Bonchev–Trinajstić information content (AvgIpc) is 3.09. The van der Waals surface area contributed by atoms with Gasteiger partial charge in [-0.3, -0.25) is 9.69 Å². The number of amides is 1. The lowest BCUT2D eigenvalue weighted by molar-refractivity contribution is -0.120. The Balaban J connectivity index is 0.00000196. The van der Waals surface area contributed by atoms with Crippen LogP contribution in [0.15, 0.2) is 28.8 Å². The van der Waals surface area contributed by atoms with Gasteiger partial charge in [0.25, 0.3) is 0 Å². The molecule has 140 valence electrons. The number of rotatable bonds is 4. The molecule has 8 heteroatoms. The summed E-state index contributed by atoms with van der Waals surface area (Å²) in [5.74, 6) is 1.36. The molecule has 7 nitrogen and oxygen atoms in total. The van der Waals surface area contributed by atoms with Gasteiger partial charge in [-0.15, -0.1) is 12.4 Å². The smallest absolute Gasteiger partial charge is 0.227 e. The van der Waals surface area contributed by atoms with E-state index in [2.05, 4.69) is 38.8 Å². The van der Waals surface area contributed by atoms with Gasteiger partial charge in [-0.05, 0) is 31.5 Å². The van der Waals surface area contributed by atoms with Crippen LogP contribution in [0.5, 0.6) is 0 Å². The second kappa shape index (κ2) is 8.16. The molecule has 1 saturated heterocycles. The number of carbonyl (C=O) groups excluding carboxylic acids is 1. The summed E-state index contributed by atoms with van der Waals surface area (Å²) in [6.45, 7) is 2.78. The molecule has 0 radical (unpaired) electrons. The summed E-state index contributed by atoms with van der Waals surface area (Å²) in [5.41, 5.74) is 2.12. The van der Waals surface area contributed by atoms with Crippen molar-refractivity contribution in [2.45, 2.75) is 25.3 Å². The van der Waals surface area contributed by atoms with E-state index in [1.165, 1.54) is 5.56 Å². The van der Waals surface area contributed by atoms with Crippen LogP contribution < -0.4 is 10.6 Å². The minimum Gasteiger partial charge on any atom is -0.339 e. The van der Waals surface area contributed by atoms with Crippen molar-refractivity contribution in [3.05, 3.63) is 41.5 Å². The van der Waals surface area contributed by atoms with Crippen LogP contribution in [0, 0.1) is 5.92 Å². The van der Waals surface area contributed by atoms with Crippen LogP contribution in [0.25, 0.3) is 0 Å². The van der Waals surface area contributed by atoms with Crippen molar-refractivity contribution < 1.29 is 9.32 Å². The predicted octanol–water partition coefficient (Wildman–Crippen LogP) is 1.81. The maximum atomic E-state index is 12.3. The fourth-order valence-corrected chi connectivity index (χ4v) is 3.54. The quantitative estimate of drug-likeness (QED) is 0.845. The number of para-hydroxylation sites is 1. The lowest BCUT2D eigenvalue weighted by atomic mass is 9.90. The molecule has 0 bridgehead atoms. The Hall–Kier alpha value is -1.96. The molecule has 2 aliphatic rings. The van der Waals surface area contributed by atoms with Crippen LogP contribution in [-0.4, -0.2) is 47.6 Å². The van der Waals surface area contributed by atoms with Crippen LogP contribution in [0.1, 0.15) is 29.7 Å². The highest BCUT2D eigenvalue weighted by atomic mass is 35.5. The van der Waals surface area contributed by atoms with Crippen LogP contribution in [0.4, 0.5) is 5.69 Å². The van der Waals surface area contributed by atoms with E-state index in [9.17, 15) is 4.79 Å². The van der Waals surface area contributed by atoms with E-state index in [-0.39, 0.29) is 30.3 Å². The summed E-state index contributed by atoms with van der Waals surface area (Å²) in [5, 5.41) is 10.5. The first-order valence-corrected chi connectivity index (χ1v) is 8.83. The van der Waals surface area contributed by atoms with Gasteiger partial charge in [0.2, 0.25) is 11.8 Å². The zero-order valence-corrected chi connectivity index (χ0v) is 15.6. The molecule has 1 aromatic heterocycles. The van der Waals surface area contributed by atoms with Crippen LogP contribution in [0.3, 0.4) is 0 Å². The molecule has 1 fully saturated rings. The number of nitrogens with one attached hydrogen (secondary N) is 2. The highest BCUT2D eigenvalue weighted by molar-refractivity contribution is 5.95. The number of anilines is 1. The molecule has 2 N–H and O–H groups in total. The monoisotopic (exact) mass is 377 g/mol. The zero-order chi connectivity index (χ0) is 17.2. The molecule has 3 heterocycles. The number of benzene rings is 1. The van der Waals surface area contributed by atoms with E-state index >= 15 is 0 Å². The summed E-state index contributed by atoms with van der Waals surface area (Å²) >= 11 is 0. The molecule has 2 aliphatic heterocycles. The molecule has 2 aromatic rings. The Morgan fingerprint density at radius 2 is 2.19 bits per heavy atom. The number of halogens is 1. The summed E-state index contributed by atoms with van der Waals surface area (Å²) < 4.78 is 5.41. The van der Waals surface area contributed by atoms with Gasteiger partial charge in [0, 0.05) is 37.7 Å². The minimum absolute atomic E-state index is 0. The average molecular weight is 378 g/mol. The van der Waals surface area contributed by atoms with E-state index in [1.807, 2.05) is 18.2 Å². The standard InChI is InChI=1S/C18H23N5O2.ClH/c1-23-9-8-19-11-15(23)17-21-16(25-22-17)7-6-13-10-12-4-2-3-5-14(12)20-18(13)24;/h2-5,13,15,19H,6-11H2,1H3,(H,20,24);1H. The molecule has 1 amide bonds. The fraction of sp³-hybridized carbons (Fsp3) is 0.500. The van der Waals surface area contributed by atoms with Gasteiger partial charge in [-0.1, -0.05) is 23.4 Å². The van der Waals surface area contributed by atoms with Gasteiger partial charge in [-0.2, -0.15) is 4.98 Å². The second-order valence-corrected chi connectivity index (χ2v) is 6.83. The summed E-state index contributed by atoms with van der Waals surface area (Å²) in [6.07, 6.45) is 2.09. The number of likely N-dealkylation sites (N-methyl/N-ethyl adjacent to an activating group) is 1. The van der Waals surface area contributed by atoms with Crippen molar-refractivity contribution in [1.29, 1.82) is 0 Å². The van der Waals surface area contributed by atoms with Crippen molar-refractivity contribution in [1.82, 2.24) is 20.4 Å². The number of hydrogen-bond acceptors (Lipinski definition) is 6. The molecule has 0 saturated carbocycles. The van der Waals surface area contributed by atoms with Crippen LogP contribution in [-0.2, 0) is 17.6 Å². The first-order chi connectivity index (χ1) is 12.2. The third-order valence-corrected chi connectivity index (χ3v) is 5.11. The fourth-order valence-electron chi connectivity index (χ4n) is 3.54. The van der Waals surface area contributed by atoms with Gasteiger partial charge < -0.3 is 15.2 Å². The summed E-state index contributed by atoms with van der Waals surface area (Å²) in [4.78, 5) is 19.1. The molecule has 2 atom stereocenters. The van der Waals surface area contributed by atoms with E-state index in [0.29, 0.717) is 18.7 Å². The number of carbonyl (C=O) groups is 1. The Kier molecular flexibility index (Phi) is 5.90. The Labute approximate surface area is 158 Å². The predicted molar refractivity (Wildman–Crippen MR) is 100 cm³/mol. The maximum Gasteiger partial charge on any atom is 0.227 e. The van der Waals surface area contributed by atoms with Crippen LogP contribution >= 0.6 is 12.4 Å². The Morgan fingerprint density at radius 3 is 3.04 bits per heavy atom. The number of hydrogen-bond donors (Lipinski definition) is 2. The molecule has 26 heavy (non-hydrogen) atoms. The topological polar surface area (TPSA) is 83.3 Å². The number of nitrogens with zero attached hydrogens (tertiary/aromatic N) is 3. The molecule has 4 rings (SSSR count). The third kappa shape index (κ3) is 3.90. The minimum atomic E-state index is -0.0516. The number of piperazine rings is 1. The van der Waals surface area contributed by atoms with Crippen molar-refractivity contribution in [2.75, 3.05) is 32.0 Å². The van der Waals surface area contributed by atoms with Crippen molar-refractivity contribution >= 4 is 24.0 Å². The Bertz CT molecular complexity index is 766. The first kappa shape index (κ1) is 18.8. The number of aryl methyl sites for hydroxylation is 1. The maximum absolute atomic E-state index is 12.3. The number of aromatic nitrogens is 2. The first-order valence-electron chi connectivity index (χ1n) is 8.83. The van der Waals surface area contributed by atoms with E-state index < -0.39 is 0 Å². The normalized spacial score (nSPS) is 23.0. The summed E-state index contributed by atoms with van der Waals surface area (Å²) in [7, 11) is 2.07. The van der Waals surface area contributed by atoms with Crippen LogP contribution in [0.2, 0.25) is 0 Å². The number of fused-ring (bicyclic) bond motifs is 1. The van der Waals surface area contributed by atoms with Gasteiger partial charge in [-0.25, -0.2) is 0 Å². The SMILES string of the molecule is CN1CCNCC1c1noc(CCC2Cc3ccccc3NC2=O)n1.Cl. The van der Waals surface area contributed by atoms with Gasteiger partial charge >= 0.3 is 0 Å². The van der Waals surface area contributed by atoms with E-state index in [0.717, 1.165) is 37.6 Å². The van der Waals surface area contributed by atoms with E-state index in [1.54, 1.807) is 0 Å². The van der Waals surface area contributed by atoms with Crippen molar-refractivity contribution in [3.8, 4) is 0 Å². The third-order valence-electron chi connectivity index (χ3n) is 5.11. The molecule has 0 aliphatic carbocycles. The second-order valence-electron chi connectivity index (χ2n) is 6.83. The van der Waals surface area contributed by atoms with Gasteiger partial charge in [0.05, 0.1) is 6.04 Å². The lowest BCUT2D eigenvalue weighted by Crippen LogP contribution is -2.44. The Morgan fingerprint density at radius 1 is 1.35 bits per heavy atom. The van der Waals surface area contributed by atoms with Crippen molar-refractivity contribution in [2.24, 2.45) is 5.92 Å². The molecule has 0 spiro atoms. The lowest BCUT2D eigenvalue weighted by Gasteiger charge is -2.30. The molecular formula is C18H24ClN5O2. The zero-order valence-electron chi connectivity index (χ0n) is 14.8. The van der Waals surface area contributed by atoms with Gasteiger partial charge in [0.1, 0.15) is 0 Å². The highest BCUT2D eigenvalue weighted by Crippen LogP contribution is 2.27. The summed E-state index contributed by atoms with van der Waals surface area (Å²) in [6, 6.07) is 8.11. The molecule has 2 unspecified atom stereocenters. The van der Waals surface area contributed by atoms with Crippen molar-refractivity contribution in [3.63, 3.8) is 0 Å². The van der Waals surface area contributed by atoms with E-state index in [4.69, 9.17) is 4.52 Å². The highest BCUT2D eigenvalue weighted by Gasteiger charge is 2.28. The largest absolute Gasteiger partial charge is 0.339 e. The molecular weight excluding hydrogens is 354 g/mol. The van der Waals surface area contributed by atoms with Gasteiger partial charge in [0.15, 0.2) is 5.82 Å². The molecule has 1 aromatic carbocycles.